The maximum atomic E-state index is 12.3. The van der Waals surface area contributed by atoms with E-state index in [1.54, 1.807) is 24.3 Å². The Morgan fingerprint density at radius 1 is 1.00 bits per heavy atom. The molecule has 0 heterocycles. The third-order valence-corrected chi connectivity index (χ3v) is 3.80. The van der Waals surface area contributed by atoms with Gasteiger partial charge in [0.2, 0.25) is 0 Å². The van der Waals surface area contributed by atoms with Crippen molar-refractivity contribution in [2.75, 3.05) is 12.4 Å². The van der Waals surface area contributed by atoms with Crippen LogP contribution in [0, 0.1) is 0 Å². The Labute approximate surface area is 151 Å². The minimum atomic E-state index is -0.291. The van der Waals surface area contributed by atoms with Gasteiger partial charge in [-0.3, -0.25) is 4.79 Å². The molecular formula is C21H19NO4. The Balaban J connectivity index is 1.61. The summed E-state index contributed by atoms with van der Waals surface area (Å²) in [7, 11) is 1.44. The Bertz CT molecular complexity index is 876. The van der Waals surface area contributed by atoms with Gasteiger partial charge in [-0.25, -0.2) is 0 Å². The van der Waals surface area contributed by atoms with E-state index in [1.807, 2.05) is 30.3 Å². The van der Waals surface area contributed by atoms with Crippen LogP contribution in [0.1, 0.15) is 15.9 Å². The first kappa shape index (κ1) is 17.4. The van der Waals surface area contributed by atoms with Crippen molar-refractivity contribution in [3.63, 3.8) is 0 Å². The normalized spacial score (nSPS) is 10.2. The van der Waals surface area contributed by atoms with Crippen molar-refractivity contribution in [1.29, 1.82) is 0 Å². The van der Waals surface area contributed by atoms with Gasteiger partial charge in [0.1, 0.15) is 12.4 Å². The monoisotopic (exact) mass is 349 g/mol. The minimum Gasteiger partial charge on any atom is -0.504 e. The van der Waals surface area contributed by atoms with Crippen molar-refractivity contribution in [2.45, 2.75) is 6.61 Å². The molecule has 3 aromatic rings. The lowest BCUT2D eigenvalue weighted by atomic mass is 10.2. The number of carbonyl (C=O) groups is 1. The smallest absolute Gasteiger partial charge is 0.255 e. The summed E-state index contributed by atoms with van der Waals surface area (Å²) < 4.78 is 10.7. The highest BCUT2D eigenvalue weighted by Crippen LogP contribution is 2.26. The number of nitrogens with one attached hydrogen (secondary N) is 1. The van der Waals surface area contributed by atoms with Gasteiger partial charge in [-0.15, -0.1) is 0 Å². The van der Waals surface area contributed by atoms with Gasteiger partial charge in [-0.2, -0.15) is 0 Å². The predicted octanol–water partition coefficient (Wildman–Crippen LogP) is 4.23. The van der Waals surface area contributed by atoms with Gasteiger partial charge in [-0.05, 0) is 48.0 Å². The standard InChI is InChI=1S/C21H19NO4/c1-25-20-13-16(7-12-19(20)23)21(24)22-17-8-10-18(11-9-17)26-14-15-5-3-2-4-6-15/h2-13,23H,14H2,1H3,(H,22,24). The van der Waals surface area contributed by atoms with Crippen LogP contribution >= 0.6 is 0 Å². The summed E-state index contributed by atoms with van der Waals surface area (Å²) in [6, 6.07) is 21.5. The number of methoxy groups -OCH3 is 1. The Morgan fingerprint density at radius 3 is 2.42 bits per heavy atom. The van der Waals surface area contributed by atoms with Gasteiger partial charge in [0.15, 0.2) is 11.5 Å². The molecule has 1 amide bonds. The molecule has 3 rings (SSSR count). The molecule has 0 bridgehead atoms. The van der Waals surface area contributed by atoms with E-state index in [0.29, 0.717) is 17.9 Å². The fourth-order valence-electron chi connectivity index (χ4n) is 2.40. The number of phenolic OH excluding ortho intramolecular Hbond substituents is 1. The molecule has 0 saturated heterocycles. The van der Waals surface area contributed by atoms with Crippen LogP contribution in [0.4, 0.5) is 5.69 Å². The summed E-state index contributed by atoms with van der Waals surface area (Å²) >= 11 is 0. The van der Waals surface area contributed by atoms with E-state index < -0.39 is 0 Å². The molecule has 0 saturated carbocycles. The fourth-order valence-corrected chi connectivity index (χ4v) is 2.40. The average Bonchev–Trinajstić information content (AvgIpc) is 2.68. The van der Waals surface area contributed by atoms with E-state index in [9.17, 15) is 9.90 Å². The van der Waals surface area contributed by atoms with Crippen LogP contribution in [0.5, 0.6) is 17.2 Å². The maximum absolute atomic E-state index is 12.3. The molecule has 2 N–H and O–H groups in total. The predicted molar refractivity (Wildman–Crippen MR) is 99.8 cm³/mol. The summed E-state index contributed by atoms with van der Waals surface area (Å²) in [5, 5.41) is 12.4. The second kappa shape index (κ2) is 8.07. The molecular weight excluding hydrogens is 330 g/mol. The zero-order valence-electron chi connectivity index (χ0n) is 14.3. The molecule has 132 valence electrons. The molecule has 0 fully saturated rings. The van der Waals surface area contributed by atoms with E-state index in [2.05, 4.69) is 5.32 Å². The zero-order valence-corrected chi connectivity index (χ0v) is 14.3. The molecule has 3 aromatic carbocycles. The minimum absolute atomic E-state index is 0.0102. The third-order valence-electron chi connectivity index (χ3n) is 3.80. The summed E-state index contributed by atoms with van der Waals surface area (Å²) in [5.74, 6) is 0.672. The topological polar surface area (TPSA) is 67.8 Å². The molecule has 0 aromatic heterocycles. The van der Waals surface area contributed by atoms with Gasteiger partial charge < -0.3 is 19.9 Å². The summed E-state index contributed by atoms with van der Waals surface area (Å²) in [5.41, 5.74) is 2.13. The van der Waals surface area contributed by atoms with Crippen LogP contribution in [0.3, 0.4) is 0 Å². The lowest BCUT2D eigenvalue weighted by Crippen LogP contribution is -2.11. The fraction of sp³-hybridized carbons (Fsp3) is 0.0952. The number of carbonyl (C=O) groups excluding carboxylic acids is 1. The number of ether oxygens (including phenoxy) is 2. The number of hydrogen-bond acceptors (Lipinski definition) is 4. The van der Waals surface area contributed by atoms with Gasteiger partial charge in [0.25, 0.3) is 5.91 Å². The SMILES string of the molecule is COc1cc(C(=O)Nc2ccc(OCc3ccccc3)cc2)ccc1O. The number of anilines is 1. The Hall–Kier alpha value is -3.47. The van der Waals surface area contributed by atoms with Crippen molar-refractivity contribution < 1.29 is 19.4 Å². The van der Waals surface area contributed by atoms with Crippen molar-refractivity contribution >= 4 is 11.6 Å². The van der Waals surface area contributed by atoms with Crippen molar-refractivity contribution in [1.82, 2.24) is 0 Å². The lowest BCUT2D eigenvalue weighted by Gasteiger charge is -2.09. The molecule has 0 radical (unpaired) electrons. The van der Waals surface area contributed by atoms with Crippen LogP contribution in [-0.2, 0) is 6.61 Å². The zero-order chi connectivity index (χ0) is 18.4. The van der Waals surface area contributed by atoms with E-state index in [4.69, 9.17) is 9.47 Å². The third kappa shape index (κ3) is 4.33. The van der Waals surface area contributed by atoms with Crippen molar-refractivity contribution in [3.05, 3.63) is 83.9 Å². The van der Waals surface area contributed by atoms with Crippen molar-refractivity contribution in [3.8, 4) is 17.2 Å². The molecule has 0 atom stereocenters. The van der Waals surface area contributed by atoms with Crippen LogP contribution < -0.4 is 14.8 Å². The highest BCUT2D eigenvalue weighted by Gasteiger charge is 2.10. The number of benzene rings is 3. The van der Waals surface area contributed by atoms with Gasteiger partial charge >= 0.3 is 0 Å². The van der Waals surface area contributed by atoms with Gasteiger partial charge in [0, 0.05) is 11.3 Å². The van der Waals surface area contributed by atoms with Crippen LogP contribution in [0.2, 0.25) is 0 Å². The largest absolute Gasteiger partial charge is 0.504 e. The summed E-state index contributed by atoms with van der Waals surface area (Å²) in [6.45, 7) is 0.486. The molecule has 0 unspecified atom stereocenters. The maximum Gasteiger partial charge on any atom is 0.255 e. The number of hydrogen-bond donors (Lipinski definition) is 2. The lowest BCUT2D eigenvalue weighted by molar-refractivity contribution is 0.102. The molecule has 0 aliphatic heterocycles. The Kier molecular flexibility index (Phi) is 5.39. The van der Waals surface area contributed by atoms with E-state index in [0.717, 1.165) is 11.3 Å². The molecule has 26 heavy (non-hydrogen) atoms. The number of aromatic hydroxyl groups is 1. The highest BCUT2D eigenvalue weighted by molar-refractivity contribution is 6.04. The molecule has 5 heteroatoms. The first-order valence-electron chi connectivity index (χ1n) is 8.11. The van der Waals surface area contributed by atoms with Gasteiger partial charge in [0.05, 0.1) is 7.11 Å². The van der Waals surface area contributed by atoms with E-state index in [1.165, 1.54) is 25.3 Å². The van der Waals surface area contributed by atoms with E-state index in [-0.39, 0.29) is 17.4 Å². The van der Waals surface area contributed by atoms with Crippen molar-refractivity contribution in [2.24, 2.45) is 0 Å². The number of phenols is 1. The molecule has 0 aliphatic rings. The van der Waals surface area contributed by atoms with Crippen LogP contribution in [-0.4, -0.2) is 18.1 Å². The molecule has 5 nitrogen and oxygen atoms in total. The highest BCUT2D eigenvalue weighted by atomic mass is 16.5. The second-order valence-electron chi connectivity index (χ2n) is 5.64. The quantitative estimate of drug-likeness (QED) is 0.699. The first-order valence-corrected chi connectivity index (χ1v) is 8.11. The summed E-state index contributed by atoms with van der Waals surface area (Å²) in [6.07, 6.45) is 0. The second-order valence-corrected chi connectivity index (χ2v) is 5.64. The average molecular weight is 349 g/mol. The summed E-state index contributed by atoms with van der Waals surface area (Å²) in [4.78, 5) is 12.3. The molecule has 0 spiro atoms. The van der Waals surface area contributed by atoms with Gasteiger partial charge in [-0.1, -0.05) is 30.3 Å². The Morgan fingerprint density at radius 2 is 1.73 bits per heavy atom. The number of amides is 1. The van der Waals surface area contributed by atoms with E-state index >= 15 is 0 Å². The number of rotatable bonds is 6. The first-order chi connectivity index (χ1) is 12.7. The van der Waals surface area contributed by atoms with Crippen LogP contribution in [0.25, 0.3) is 0 Å². The molecule has 0 aliphatic carbocycles. The van der Waals surface area contributed by atoms with Crippen LogP contribution in [0.15, 0.2) is 72.8 Å².